The van der Waals surface area contributed by atoms with Crippen molar-refractivity contribution in [3.8, 4) is 22.5 Å². The normalized spacial score (nSPS) is 15.8. The van der Waals surface area contributed by atoms with Crippen LogP contribution in [0.1, 0.15) is 11.6 Å². The Labute approximate surface area is 190 Å². The van der Waals surface area contributed by atoms with Crippen LogP contribution in [0.15, 0.2) is 67.3 Å². The van der Waals surface area contributed by atoms with Crippen LogP contribution < -0.4 is 4.90 Å². The molecule has 0 spiro atoms. The first-order chi connectivity index (χ1) is 16.6. The Balaban J connectivity index is 1.41. The van der Waals surface area contributed by atoms with Crippen LogP contribution in [-0.4, -0.2) is 42.5 Å². The van der Waals surface area contributed by atoms with Gasteiger partial charge in [0, 0.05) is 11.8 Å². The van der Waals surface area contributed by atoms with Gasteiger partial charge in [-0.05, 0) is 41.5 Å². The molecule has 1 amide bonds. The number of benzene rings is 2. The van der Waals surface area contributed by atoms with Crippen molar-refractivity contribution in [3.05, 3.63) is 84.4 Å². The van der Waals surface area contributed by atoms with Gasteiger partial charge in [-0.15, -0.1) is 0 Å². The molecular weight excluding hydrogens is 444 g/mol. The van der Waals surface area contributed by atoms with Crippen molar-refractivity contribution < 1.29 is 18.3 Å². The van der Waals surface area contributed by atoms with Gasteiger partial charge >= 0.3 is 6.09 Å². The summed E-state index contributed by atoms with van der Waals surface area (Å²) in [5, 5.41) is 10.7. The van der Waals surface area contributed by atoms with Crippen LogP contribution in [0.2, 0.25) is 0 Å². The summed E-state index contributed by atoms with van der Waals surface area (Å²) < 4.78 is 35.4. The lowest BCUT2D eigenvalue weighted by Gasteiger charge is -2.21. The molecule has 1 fully saturated rings. The van der Waals surface area contributed by atoms with E-state index < -0.39 is 23.8 Å². The second-order valence-electron chi connectivity index (χ2n) is 7.66. The van der Waals surface area contributed by atoms with Gasteiger partial charge in [-0.3, -0.25) is 10.00 Å². The number of nitrogens with one attached hydrogen (secondary N) is 1. The third-order valence-corrected chi connectivity index (χ3v) is 5.66. The number of aromatic amines is 1. The summed E-state index contributed by atoms with van der Waals surface area (Å²) in [5.74, 6) is -0.266. The Morgan fingerprint density at radius 1 is 1.09 bits per heavy atom. The summed E-state index contributed by atoms with van der Waals surface area (Å²) in [5.41, 5.74) is 2.41. The van der Waals surface area contributed by atoms with Crippen LogP contribution in [0.25, 0.3) is 28.2 Å². The molecule has 0 bridgehead atoms. The van der Waals surface area contributed by atoms with Crippen LogP contribution in [0.3, 0.4) is 0 Å². The molecular formula is C23H15F2N7O2. The molecule has 3 aromatic heterocycles. The predicted molar refractivity (Wildman–Crippen MR) is 117 cm³/mol. The predicted octanol–water partition coefficient (Wildman–Crippen LogP) is 4.16. The maximum Gasteiger partial charge on any atom is 0.416 e. The van der Waals surface area contributed by atoms with Gasteiger partial charge in [-0.2, -0.15) is 10.2 Å². The number of fused-ring (bicyclic) bond motifs is 1. The highest BCUT2D eigenvalue weighted by Crippen LogP contribution is 2.34. The van der Waals surface area contributed by atoms with Crippen LogP contribution in [0, 0.1) is 11.6 Å². The number of nitrogens with zero attached hydrogens (tertiary/aromatic N) is 6. The maximum atomic E-state index is 14.8. The summed E-state index contributed by atoms with van der Waals surface area (Å²) >= 11 is 0. The number of H-pyrrole nitrogens is 1. The molecule has 11 heteroatoms. The molecule has 6 rings (SSSR count). The van der Waals surface area contributed by atoms with Crippen molar-refractivity contribution in [1.82, 2.24) is 29.8 Å². The maximum absolute atomic E-state index is 14.8. The molecule has 0 saturated carbocycles. The monoisotopic (exact) mass is 459 g/mol. The fourth-order valence-electron chi connectivity index (χ4n) is 4.04. The van der Waals surface area contributed by atoms with E-state index in [9.17, 15) is 13.6 Å². The first-order valence-electron chi connectivity index (χ1n) is 10.3. The van der Waals surface area contributed by atoms with Crippen molar-refractivity contribution in [2.24, 2.45) is 0 Å². The van der Waals surface area contributed by atoms with E-state index in [0.717, 1.165) is 0 Å². The lowest BCUT2D eigenvalue weighted by Crippen LogP contribution is -2.28. The lowest BCUT2D eigenvalue weighted by molar-refractivity contribution is 0.179. The summed E-state index contributed by atoms with van der Waals surface area (Å²) in [4.78, 5) is 22.5. The zero-order valence-corrected chi connectivity index (χ0v) is 17.4. The zero-order valence-electron chi connectivity index (χ0n) is 17.4. The largest absolute Gasteiger partial charge is 0.447 e. The number of hydrogen-bond acceptors (Lipinski definition) is 6. The highest BCUT2D eigenvalue weighted by atomic mass is 19.1. The smallest absolute Gasteiger partial charge is 0.416 e. The van der Waals surface area contributed by atoms with Crippen LogP contribution in [0.5, 0.6) is 0 Å². The number of carbonyl (C=O) groups excluding carboxylic acids is 1. The molecule has 0 aliphatic carbocycles. The van der Waals surface area contributed by atoms with Gasteiger partial charge in [-0.25, -0.2) is 28.1 Å². The summed E-state index contributed by atoms with van der Waals surface area (Å²) in [6, 6.07) is 11.8. The fraction of sp³-hybridized carbons (Fsp3) is 0.0870. The second-order valence-corrected chi connectivity index (χ2v) is 7.66. The number of aromatic nitrogens is 6. The Bertz CT molecular complexity index is 1530. The number of carbonyl (C=O) groups is 1. The average Bonchev–Trinajstić information content (AvgIpc) is 3.58. The van der Waals surface area contributed by atoms with Gasteiger partial charge in [0.2, 0.25) is 0 Å². The molecule has 34 heavy (non-hydrogen) atoms. The Morgan fingerprint density at radius 3 is 2.79 bits per heavy atom. The third kappa shape index (κ3) is 3.25. The zero-order chi connectivity index (χ0) is 23.2. The molecule has 4 heterocycles. The molecule has 1 aliphatic rings. The van der Waals surface area contributed by atoms with Gasteiger partial charge in [-0.1, -0.05) is 18.2 Å². The molecule has 1 saturated heterocycles. The first-order valence-corrected chi connectivity index (χ1v) is 10.3. The minimum Gasteiger partial charge on any atom is -0.447 e. The van der Waals surface area contributed by atoms with Crippen molar-refractivity contribution in [2.45, 2.75) is 6.04 Å². The van der Waals surface area contributed by atoms with E-state index in [2.05, 4.69) is 25.3 Å². The van der Waals surface area contributed by atoms with Gasteiger partial charge in [0.1, 0.15) is 36.4 Å². The molecule has 1 atom stereocenters. The number of halogens is 2. The van der Waals surface area contributed by atoms with Crippen molar-refractivity contribution >= 4 is 17.6 Å². The van der Waals surface area contributed by atoms with E-state index in [4.69, 9.17) is 4.74 Å². The summed E-state index contributed by atoms with van der Waals surface area (Å²) in [7, 11) is 0. The number of ether oxygens (including phenoxy) is 1. The standard InChI is InChI=1S/C23H15F2N7O2/c24-15-3-1-2-14(8-15)19-11-34-23(33)32(19)20-6-7-31-22(29-20)17(10-28-31)13-4-5-16(18(25)9-13)21-26-12-27-30-21/h1-10,12,19H,11H2,(H,26,27,30). The van der Waals surface area contributed by atoms with E-state index in [1.807, 2.05) is 0 Å². The molecule has 168 valence electrons. The number of anilines is 1. The fourth-order valence-corrected chi connectivity index (χ4v) is 4.04. The van der Waals surface area contributed by atoms with E-state index in [1.54, 1.807) is 42.7 Å². The van der Waals surface area contributed by atoms with Crippen LogP contribution >= 0.6 is 0 Å². The van der Waals surface area contributed by atoms with E-state index in [0.29, 0.717) is 34.0 Å². The molecule has 1 N–H and O–H groups in total. The highest BCUT2D eigenvalue weighted by molar-refractivity contribution is 5.90. The number of hydrogen-bond donors (Lipinski definition) is 1. The average molecular weight is 459 g/mol. The highest BCUT2D eigenvalue weighted by Gasteiger charge is 2.36. The number of cyclic esters (lactones) is 1. The first kappa shape index (κ1) is 20.0. The Kier molecular flexibility index (Phi) is 4.54. The Morgan fingerprint density at radius 2 is 2.00 bits per heavy atom. The van der Waals surface area contributed by atoms with Crippen molar-refractivity contribution in [2.75, 3.05) is 11.5 Å². The number of amides is 1. The number of rotatable bonds is 4. The lowest BCUT2D eigenvalue weighted by atomic mass is 10.1. The topological polar surface area (TPSA) is 101 Å². The molecule has 1 unspecified atom stereocenters. The SMILES string of the molecule is O=C1OCC(c2cccc(F)c2)N1c1ccn2ncc(-c3ccc(-c4ncn[nH]4)c(F)c3)c2n1. The molecule has 0 radical (unpaired) electrons. The molecule has 2 aromatic carbocycles. The molecule has 5 aromatic rings. The Hall–Kier alpha value is -4.67. The van der Waals surface area contributed by atoms with E-state index >= 15 is 0 Å². The van der Waals surface area contributed by atoms with Crippen molar-refractivity contribution in [1.29, 1.82) is 0 Å². The van der Waals surface area contributed by atoms with E-state index in [-0.39, 0.29) is 12.2 Å². The third-order valence-electron chi connectivity index (χ3n) is 5.66. The van der Waals surface area contributed by atoms with Crippen LogP contribution in [0.4, 0.5) is 19.4 Å². The summed E-state index contributed by atoms with van der Waals surface area (Å²) in [6.45, 7) is 0.0651. The summed E-state index contributed by atoms with van der Waals surface area (Å²) in [6.07, 6.45) is 3.94. The van der Waals surface area contributed by atoms with Gasteiger partial charge in [0.15, 0.2) is 11.5 Å². The second kappa shape index (κ2) is 7.73. The van der Waals surface area contributed by atoms with Crippen LogP contribution in [-0.2, 0) is 4.74 Å². The quantitative estimate of drug-likeness (QED) is 0.433. The van der Waals surface area contributed by atoms with Gasteiger partial charge in [0.05, 0.1) is 11.8 Å². The molecule has 9 nitrogen and oxygen atoms in total. The minimum absolute atomic E-state index is 0.0651. The van der Waals surface area contributed by atoms with Crippen molar-refractivity contribution in [3.63, 3.8) is 0 Å². The minimum atomic E-state index is -0.588. The van der Waals surface area contributed by atoms with E-state index in [1.165, 1.54) is 33.9 Å². The molecule has 1 aliphatic heterocycles. The van der Waals surface area contributed by atoms with Gasteiger partial charge in [0.25, 0.3) is 0 Å². The van der Waals surface area contributed by atoms with Gasteiger partial charge < -0.3 is 4.74 Å².